The van der Waals surface area contributed by atoms with Crippen LogP contribution in [0.15, 0.2) is 78.9 Å². The number of nitrogens with zero attached hydrogens (tertiary/aromatic N) is 4. The highest BCUT2D eigenvalue weighted by Crippen LogP contribution is 2.31. The number of fused-ring (bicyclic) bond motifs is 1. The van der Waals surface area contributed by atoms with E-state index in [9.17, 15) is 4.79 Å². The number of carbonyl (C=O) groups excluding carboxylic acids is 1. The molecule has 43 heavy (non-hydrogen) atoms. The smallest absolute Gasteiger partial charge is 0.298 e. The van der Waals surface area contributed by atoms with Gasteiger partial charge in [-0.05, 0) is 68.2 Å². The molecule has 0 amide bonds. The number of imidazole rings is 1. The molecule has 9 heteroatoms. The zero-order chi connectivity index (χ0) is 29.0. The van der Waals surface area contributed by atoms with Crippen LogP contribution in [0.1, 0.15) is 41.6 Å². The lowest BCUT2D eigenvalue weighted by atomic mass is 9.93. The van der Waals surface area contributed by atoms with Gasteiger partial charge in [0.1, 0.15) is 18.2 Å². The summed E-state index contributed by atoms with van der Waals surface area (Å²) in [4.78, 5) is 25.7. The Balaban J connectivity index is 0.977. The molecule has 5 aromatic rings. The van der Waals surface area contributed by atoms with Crippen LogP contribution in [-0.4, -0.2) is 51.7 Å². The molecule has 2 saturated heterocycles. The molecule has 0 spiro atoms. The molecule has 220 valence electrons. The third-order valence-corrected chi connectivity index (χ3v) is 9.47. The summed E-state index contributed by atoms with van der Waals surface area (Å²) < 4.78 is 19.2. The summed E-state index contributed by atoms with van der Waals surface area (Å²) in [5.74, 6) is 2.62. The van der Waals surface area contributed by atoms with E-state index in [1.165, 1.54) is 15.3 Å². The number of likely N-dealkylation sites (tertiary alicyclic amines) is 1. The fourth-order valence-electron chi connectivity index (χ4n) is 5.92. The third-order valence-electron chi connectivity index (χ3n) is 8.36. The SMILES string of the molecule is O=COc1ccc2nc(CN3CCC(c4cccc(OCc5ccc(-c6ccccc6)s5)n4)CC3)n(C[C@@H]3CCO3)c2c1. The van der Waals surface area contributed by atoms with Crippen molar-refractivity contribution in [2.24, 2.45) is 0 Å². The predicted octanol–water partition coefficient (Wildman–Crippen LogP) is 6.44. The second-order valence-electron chi connectivity index (χ2n) is 11.2. The van der Waals surface area contributed by atoms with Crippen molar-refractivity contribution in [3.8, 4) is 22.1 Å². The van der Waals surface area contributed by atoms with Gasteiger partial charge < -0.3 is 18.8 Å². The van der Waals surface area contributed by atoms with Crippen molar-refractivity contribution in [1.29, 1.82) is 0 Å². The van der Waals surface area contributed by atoms with Gasteiger partial charge in [-0.3, -0.25) is 9.69 Å². The van der Waals surface area contributed by atoms with Crippen LogP contribution in [0.25, 0.3) is 21.5 Å². The highest BCUT2D eigenvalue weighted by Gasteiger charge is 2.26. The summed E-state index contributed by atoms with van der Waals surface area (Å²) in [6.45, 7) is 5.24. The van der Waals surface area contributed by atoms with E-state index in [1.54, 1.807) is 17.4 Å². The molecule has 0 bridgehead atoms. The number of aromatic nitrogens is 3. The highest BCUT2D eigenvalue weighted by atomic mass is 32.1. The summed E-state index contributed by atoms with van der Waals surface area (Å²) >= 11 is 1.76. The molecule has 8 nitrogen and oxygen atoms in total. The van der Waals surface area contributed by atoms with Gasteiger partial charge in [-0.15, -0.1) is 11.3 Å². The minimum Gasteiger partial charge on any atom is -0.472 e. The number of piperidine rings is 1. The van der Waals surface area contributed by atoms with E-state index < -0.39 is 0 Å². The molecular weight excluding hydrogens is 560 g/mol. The van der Waals surface area contributed by atoms with Gasteiger partial charge in [0.25, 0.3) is 6.47 Å². The standard InChI is InChI=1S/C34H34N4O4S/c39-23-42-26-9-11-30-31(19-26)38(20-27-15-18-40-27)33(35-30)21-37-16-13-24(14-17-37)29-7-4-8-34(36-29)41-22-28-10-12-32(43-28)25-5-2-1-3-6-25/h1-12,19,23-24,27H,13-18,20-22H2/t27-/m0/s1. The molecule has 0 radical (unpaired) electrons. The fraction of sp³-hybridized carbons (Fsp3) is 0.324. The Bertz CT molecular complexity index is 1690. The minimum atomic E-state index is 0.198. The van der Waals surface area contributed by atoms with E-state index in [0.717, 1.165) is 74.6 Å². The van der Waals surface area contributed by atoms with Crippen LogP contribution in [0.3, 0.4) is 0 Å². The number of hydrogen-bond acceptors (Lipinski definition) is 8. The second-order valence-corrected chi connectivity index (χ2v) is 12.3. The Labute approximate surface area is 254 Å². The Morgan fingerprint density at radius 3 is 2.60 bits per heavy atom. The first kappa shape index (κ1) is 27.8. The topological polar surface area (TPSA) is 78.7 Å². The summed E-state index contributed by atoms with van der Waals surface area (Å²) in [5, 5.41) is 0. The average Bonchev–Trinajstić information content (AvgIpc) is 3.63. The van der Waals surface area contributed by atoms with Gasteiger partial charge in [0.15, 0.2) is 0 Å². The van der Waals surface area contributed by atoms with Crippen LogP contribution in [0, 0.1) is 0 Å². The van der Waals surface area contributed by atoms with Crippen LogP contribution in [-0.2, 0) is 29.2 Å². The maximum atomic E-state index is 10.9. The van der Waals surface area contributed by atoms with E-state index in [2.05, 4.69) is 58.0 Å². The van der Waals surface area contributed by atoms with E-state index in [1.807, 2.05) is 24.3 Å². The van der Waals surface area contributed by atoms with Crippen LogP contribution >= 0.6 is 11.3 Å². The Morgan fingerprint density at radius 1 is 0.953 bits per heavy atom. The van der Waals surface area contributed by atoms with E-state index in [0.29, 0.717) is 30.6 Å². The van der Waals surface area contributed by atoms with Crippen LogP contribution in [0.2, 0.25) is 0 Å². The van der Waals surface area contributed by atoms with Crippen LogP contribution in [0.5, 0.6) is 11.6 Å². The molecule has 1 atom stereocenters. The number of hydrogen-bond donors (Lipinski definition) is 0. The van der Waals surface area contributed by atoms with Crippen LogP contribution in [0.4, 0.5) is 0 Å². The van der Waals surface area contributed by atoms with Crippen LogP contribution < -0.4 is 9.47 Å². The van der Waals surface area contributed by atoms with E-state index >= 15 is 0 Å². The Hall–Kier alpha value is -4.05. The van der Waals surface area contributed by atoms with Crippen molar-refractivity contribution in [1.82, 2.24) is 19.4 Å². The molecule has 0 saturated carbocycles. The number of ether oxygens (including phenoxy) is 3. The fourth-order valence-corrected chi connectivity index (χ4v) is 6.85. The number of pyridine rings is 1. The lowest BCUT2D eigenvalue weighted by Gasteiger charge is -2.32. The van der Waals surface area contributed by atoms with E-state index in [-0.39, 0.29) is 6.10 Å². The zero-order valence-corrected chi connectivity index (χ0v) is 24.7. The van der Waals surface area contributed by atoms with Crippen molar-refractivity contribution in [2.45, 2.75) is 51.0 Å². The molecule has 0 unspecified atom stereocenters. The Kier molecular flexibility index (Phi) is 8.18. The summed E-state index contributed by atoms with van der Waals surface area (Å²) in [6.07, 6.45) is 3.31. The molecule has 5 heterocycles. The molecule has 2 aliphatic heterocycles. The maximum absolute atomic E-state index is 10.9. The number of benzene rings is 2. The zero-order valence-electron chi connectivity index (χ0n) is 23.9. The van der Waals surface area contributed by atoms with Gasteiger partial charge in [0.05, 0.1) is 30.2 Å². The van der Waals surface area contributed by atoms with Crippen molar-refractivity contribution >= 4 is 28.8 Å². The number of carbonyl (C=O) groups is 1. The predicted molar refractivity (Wildman–Crippen MR) is 166 cm³/mol. The molecule has 7 rings (SSSR count). The molecular formula is C34H34N4O4S. The first-order chi connectivity index (χ1) is 21.2. The third kappa shape index (κ3) is 6.34. The summed E-state index contributed by atoms with van der Waals surface area (Å²) in [7, 11) is 0. The maximum Gasteiger partial charge on any atom is 0.298 e. The molecule has 2 aliphatic rings. The largest absolute Gasteiger partial charge is 0.472 e. The van der Waals surface area contributed by atoms with Crippen molar-refractivity contribution in [2.75, 3.05) is 19.7 Å². The molecule has 2 aromatic carbocycles. The lowest BCUT2D eigenvalue weighted by molar-refractivity contribution is -0.120. The van der Waals surface area contributed by atoms with Crippen molar-refractivity contribution in [3.63, 3.8) is 0 Å². The van der Waals surface area contributed by atoms with Gasteiger partial charge in [-0.2, -0.15) is 0 Å². The summed E-state index contributed by atoms with van der Waals surface area (Å²) in [6, 6.07) is 26.5. The molecule has 0 N–H and O–H groups in total. The number of thiophene rings is 1. The van der Waals surface area contributed by atoms with Gasteiger partial charge in [-0.25, -0.2) is 9.97 Å². The first-order valence-corrected chi connectivity index (χ1v) is 15.7. The normalized spacial score (nSPS) is 17.5. The van der Waals surface area contributed by atoms with Gasteiger partial charge in [0.2, 0.25) is 5.88 Å². The average molecular weight is 595 g/mol. The minimum absolute atomic E-state index is 0.198. The van der Waals surface area contributed by atoms with Crippen molar-refractivity contribution in [3.05, 3.63) is 95.3 Å². The van der Waals surface area contributed by atoms with Gasteiger partial charge >= 0.3 is 0 Å². The first-order valence-electron chi connectivity index (χ1n) is 14.9. The molecule has 0 aliphatic carbocycles. The van der Waals surface area contributed by atoms with E-state index in [4.69, 9.17) is 24.2 Å². The molecule has 2 fully saturated rings. The second kappa shape index (κ2) is 12.7. The van der Waals surface area contributed by atoms with Gasteiger partial charge in [-0.1, -0.05) is 36.4 Å². The summed E-state index contributed by atoms with van der Waals surface area (Å²) in [5.41, 5.74) is 4.21. The monoisotopic (exact) mass is 594 g/mol. The number of rotatable bonds is 11. The highest BCUT2D eigenvalue weighted by molar-refractivity contribution is 7.15. The lowest BCUT2D eigenvalue weighted by Crippen LogP contribution is -2.35. The quantitative estimate of drug-likeness (QED) is 0.163. The molecule has 3 aromatic heterocycles. The van der Waals surface area contributed by atoms with Gasteiger partial charge in [0, 0.05) is 40.1 Å². The van der Waals surface area contributed by atoms with Crippen molar-refractivity contribution < 1.29 is 19.0 Å². The Morgan fingerprint density at radius 2 is 1.81 bits per heavy atom.